The van der Waals surface area contributed by atoms with Gasteiger partial charge in [0.15, 0.2) is 0 Å². The summed E-state index contributed by atoms with van der Waals surface area (Å²) in [5.74, 6) is 0.851. The smallest absolute Gasteiger partial charge is 0.145 e. The summed E-state index contributed by atoms with van der Waals surface area (Å²) in [6, 6.07) is 19.4. The Morgan fingerprint density at radius 3 is 2.69 bits per heavy atom. The molecule has 0 unspecified atom stereocenters. The molecule has 0 amide bonds. The predicted octanol–water partition coefficient (Wildman–Crippen LogP) is 6.02. The van der Waals surface area contributed by atoms with Crippen molar-refractivity contribution in [2.45, 2.75) is 0 Å². The van der Waals surface area contributed by atoms with E-state index in [9.17, 15) is 0 Å². The molecule has 0 bridgehead atoms. The highest BCUT2D eigenvalue weighted by Gasteiger charge is 2.15. The number of aromatic nitrogens is 2. The first-order chi connectivity index (χ1) is 12.8. The first kappa shape index (κ1) is 14.1. The number of methoxy groups -OCH3 is 1. The van der Waals surface area contributed by atoms with Crippen molar-refractivity contribution >= 4 is 58.8 Å². The van der Waals surface area contributed by atoms with Gasteiger partial charge in [-0.25, -0.2) is 4.98 Å². The van der Waals surface area contributed by atoms with Gasteiger partial charge in [0.05, 0.1) is 12.6 Å². The minimum atomic E-state index is 0.851. The van der Waals surface area contributed by atoms with Crippen molar-refractivity contribution in [1.82, 2.24) is 9.38 Å². The molecule has 26 heavy (non-hydrogen) atoms. The third-order valence-corrected chi connectivity index (χ3v) is 6.29. The molecule has 4 heteroatoms. The molecule has 0 spiro atoms. The molecule has 0 aliphatic heterocycles. The highest BCUT2D eigenvalue weighted by atomic mass is 32.1. The third kappa shape index (κ3) is 1.69. The maximum Gasteiger partial charge on any atom is 0.145 e. The number of ether oxygens (including phenoxy) is 1. The van der Waals surface area contributed by atoms with E-state index in [0.717, 1.165) is 16.8 Å². The summed E-state index contributed by atoms with van der Waals surface area (Å²) in [7, 11) is 1.70. The largest absolute Gasteiger partial charge is 0.497 e. The minimum absolute atomic E-state index is 0.851. The van der Waals surface area contributed by atoms with Crippen LogP contribution in [0.3, 0.4) is 0 Å². The molecule has 0 atom stereocenters. The quantitative estimate of drug-likeness (QED) is 0.338. The fourth-order valence-electron chi connectivity index (χ4n) is 4.02. The predicted molar refractivity (Wildman–Crippen MR) is 110 cm³/mol. The lowest BCUT2D eigenvalue weighted by Gasteiger charge is -2.11. The van der Waals surface area contributed by atoms with Crippen LogP contribution in [0.4, 0.5) is 0 Å². The zero-order valence-electron chi connectivity index (χ0n) is 14.1. The van der Waals surface area contributed by atoms with Crippen LogP contribution >= 0.6 is 11.3 Å². The Labute approximate surface area is 153 Å². The summed E-state index contributed by atoms with van der Waals surface area (Å²) in [6.45, 7) is 0. The van der Waals surface area contributed by atoms with Gasteiger partial charge in [0.25, 0.3) is 0 Å². The summed E-state index contributed by atoms with van der Waals surface area (Å²) >= 11 is 1.85. The summed E-state index contributed by atoms with van der Waals surface area (Å²) in [5, 5.41) is 6.17. The van der Waals surface area contributed by atoms with Gasteiger partial charge in [-0.1, -0.05) is 24.3 Å². The average Bonchev–Trinajstić information content (AvgIpc) is 3.32. The van der Waals surface area contributed by atoms with E-state index in [-0.39, 0.29) is 0 Å². The van der Waals surface area contributed by atoms with E-state index in [0.29, 0.717) is 0 Å². The molecule has 3 heterocycles. The number of imidazole rings is 1. The molecule has 3 aromatic heterocycles. The Bertz CT molecular complexity index is 1480. The third-order valence-electron chi connectivity index (χ3n) is 5.16. The molecule has 3 nitrogen and oxygen atoms in total. The van der Waals surface area contributed by atoms with Crippen molar-refractivity contribution in [2.75, 3.05) is 7.11 Å². The van der Waals surface area contributed by atoms with Crippen LogP contribution < -0.4 is 4.74 Å². The maximum atomic E-state index is 5.44. The highest BCUT2D eigenvalue weighted by Crippen LogP contribution is 2.41. The van der Waals surface area contributed by atoms with Crippen LogP contribution in [0.25, 0.3) is 47.5 Å². The van der Waals surface area contributed by atoms with Gasteiger partial charge in [-0.15, -0.1) is 11.3 Å². The zero-order chi connectivity index (χ0) is 17.3. The van der Waals surface area contributed by atoms with Crippen LogP contribution in [0, 0.1) is 0 Å². The van der Waals surface area contributed by atoms with E-state index >= 15 is 0 Å². The Morgan fingerprint density at radius 1 is 0.885 bits per heavy atom. The monoisotopic (exact) mass is 354 g/mol. The van der Waals surface area contributed by atoms with Crippen LogP contribution in [-0.4, -0.2) is 16.5 Å². The van der Waals surface area contributed by atoms with Crippen LogP contribution in [0.1, 0.15) is 0 Å². The summed E-state index contributed by atoms with van der Waals surface area (Å²) in [6.07, 6.45) is 3.93. The summed E-state index contributed by atoms with van der Waals surface area (Å²) < 4.78 is 10.3. The topological polar surface area (TPSA) is 26.5 Å². The Balaban J connectivity index is 1.97. The second kappa shape index (κ2) is 4.96. The lowest BCUT2D eigenvalue weighted by molar-refractivity contribution is 0.415. The molecule has 6 rings (SSSR count). The van der Waals surface area contributed by atoms with Crippen LogP contribution in [0.15, 0.2) is 67.0 Å². The number of benzene rings is 3. The van der Waals surface area contributed by atoms with Crippen LogP contribution in [-0.2, 0) is 0 Å². The molecule has 3 aromatic carbocycles. The van der Waals surface area contributed by atoms with Crippen molar-refractivity contribution in [3.63, 3.8) is 0 Å². The number of fused-ring (bicyclic) bond motifs is 10. The number of nitrogens with zero attached hydrogens (tertiary/aromatic N) is 2. The van der Waals surface area contributed by atoms with Gasteiger partial charge in [0.2, 0.25) is 0 Å². The summed E-state index contributed by atoms with van der Waals surface area (Å²) in [5.41, 5.74) is 2.19. The summed E-state index contributed by atoms with van der Waals surface area (Å²) in [4.78, 5) is 4.65. The molecule has 0 saturated carbocycles. The van der Waals surface area contributed by atoms with Crippen LogP contribution in [0.5, 0.6) is 5.75 Å². The Morgan fingerprint density at radius 2 is 1.77 bits per heavy atom. The number of hydrogen-bond donors (Lipinski definition) is 0. The molecule has 6 aromatic rings. The molecule has 124 valence electrons. The molecule has 0 radical (unpaired) electrons. The standard InChI is InChI=1S/C22H14N2OS/c1-25-13-6-7-14-15-8-9-19-20(16-4-2-3-5-18(16)26-19)21(15)24-11-10-23-22(24)17(14)12-13/h2-12H,1H3. The molecular formula is C22H14N2OS. The molecule has 0 N–H and O–H groups in total. The van der Waals surface area contributed by atoms with E-state index in [1.54, 1.807) is 7.11 Å². The molecule has 0 saturated heterocycles. The number of rotatable bonds is 1. The SMILES string of the molecule is COc1ccc2c(c1)c1nccn1c1c2ccc2sc3ccccc3c21. The number of hydrogen-bond acceptors (Lipinski definition) is 3. The lowest BCUT2D eigenvalue weighted by Crippen LogP contribution is -1.92. The highest BCUT2D eigenvalue weighted by molar-refractivity contribution is 7.26. The van der Waals surface area contributed by atoms with Crippen molar-refractivity contribution in [1.29, 1.82) is 0 Å². The van der Waals surface area contributed by atoms with E-state index in [1.165, 1.54) is 36.5 Å². The van der Waals surface area contributed by atoms with Gasteiger partial charge in [-0.2, -0.15) is 0 Å². The van der Waals surface area contributed by atoms with Gasteiger partial charge in [0, 0.05) is 43.3 Å². The van der Waals surface area contributed by atoms with Gasteiger partial charge in [0.1, 0.15) is 11.4 Å². The van der Waals surface area contributed by atoms with E-state index in [4.69, 9.17) is 4.74 Å². The number of thiophene rings is 1. The molecule has 0 aliphatic carbocycles. The van der Waals surface area contributed by atoms with Gasteiger partial charge in [-0.3, -0.25) is 4.40 Å². The fourth-order valence-corrected chi connectivity index (χ4v) is 5.13. The maximum absolute atomic E-state index is 5.44. The van der Waals surface area contributed by atoms with Crippen molar-refractivity contribution in [2.24, 2.45) is 0 Å². The second-order valence-electron chi connectivity index (χ2n) is 6.47. The molecule has 0 fully saturated rings. The molecule has 0 aliphatic rings. The Kier molecular flexibility index (Phi) is 2.69. The van der Waals surface area contributed by atoms with E-state index in [2.05, 4.69) is 64.1 Å². The van der Waals surface area contributed by atoms with Crippen molar-refractivity contribution < 1.29 is 4.74 Å². The van der Waals surface area contributed by atoms with E-state index < -0.39 is 0 Å². The van der Waals surface area contributed by atoms with Gasteiger partial charge < -0.3 is 4.74 Å². The van der Waals surface area contributed by atoms with Gasteiger partial charge in [-0.05, 0) is 35.7 Å². The first-order valence-electron chi connectivity index (χ1n) is 8.52. The minimum Gasteiger partial charge on any atom is -0.497 e. The average molecular weight is 354 g/mol. The zero-order valence-corrected chi connectivity index (χ0v) is 14.9. The van der Waals surface area contributed by atoms with E-state index in [1.807, 2.05) is 23.6 Å². The van der Waals surface area contributed by atoms with Crippen molar-refractivity contribution in [3.8, 4) is 5.75 Å². The van der Waals surface area contributed by atoms with Crippen molar-refractivity contribution in [3.05, 3.63) is 67.0 Å². The second-order valence-corrected chi connectivity index (χ2v) is 7.55. The van der Waals surface area contributed by atoms with Gasteiger partial charge >= 0.3 is 0 Å². The lowest BCUT2D eigenvalue weighted by atomic mass is 10.0. The number of pyridine rings is 1. The Hall–Kier alpha value is -3.11. The first-order valence-corrected chi connectivity index (χ1v) is 9.33. The van der Waals surface area contributed by atoms with Crippen LogP contribution in [0.2, 0.25) is 0 Å². The fraction of sp³-hybridized carbons (Fsp3) is 0.0455. The molecular weight excluding hydrogens is 340 g/mol. The normalized spacial score (nSPS) is 12.0.